The monoisotopic (exact) mass is 245 g/mol. The Morgan fingerprint density at radius 1 is 1.33 bits per heavy atom. The third kappa shape index (κ3) is 3.42. The van der Waals surface area contributed by atoms with Gasteiger partial charge in [0.1, 0.15) is 0 Å². The summed E-state index contributed by atoms with van der Waals surface area (Å²) >= 11 is 0. The maximum absolute atomic E-state index is 8.83. The van der Waals surface area contributed by atoms with E-state index in [2.05, 4.69) is 17.3 Å². The van der Waals surface area contributed by atoms with Gasteiger partial charge in [-0.25, -0.2) is 4.68 Å². The van der Waals surface area contributed by atoms with Crippen LogP contribution in [-0.4, -0.2) is 27.5 Å². The highest BCUT2D eigenvalue weighted by molar-refractivity contribution is 5.30. The molecule has 2 N–H and O–H groups in total. The van der Waals surface area contributed by atoms with Crippen molar-refractivity contribution in [2.75, 3.05) is 6.61 Å². The molecule has 0 amide bonds. The first-order valence-corrected chi connectivity index (χ1v) is 6.23. The van der Waals surface area contributed by atoms with Crippen molar-refractivity contribution < 1.29 is 5.11 Å². The summed E-state index contributed by atoms with van der Waals surface area (Å²) in [6.07, 6.45) is 4.66. The minimum Gasteiger partial charge on any atom is -0.396 e. The second-order valence-corrected chi connectivity index (χ2v) is 4.42. The van der Waals surface area contributed by atoms with Crippen LogP contribution in [-0.2, 0) is 6.54 Å². The van der Waals surface area contributed by atoms with E-state index in [-0.39, 0.29) is 6.61 Å². The molecular weight excluding hydrogens is 226 g/mol. The van der Waals surface area contributed by atoms with Crippen molar-refractivity contribution in [3.63, 3.8) is 0 Å². The molecule has 4 nitrogen and oxygen atoms in total. The van der Waals surface area contributed by atoms with Crippen molar-refractivity contribution in [3.05, 3.63) is 48.3 Å². The average Bonchev–Trinajstić information content (AvgIpc) is 2.87. The van der Waals surface area contributed by atoms with E-state index in [1.54, 1.807) is 0 Å². The highest BCUT2D eigenvalue weighted by atomic mass is 16.3. The summed E-state index contributed by atoms with van der Waals surface area (Å²) < 4.78 is 1.87. The highest BCUT2D eigenvalue weighted by Gasteiger charge is 2.03. The zero-order valence-electron chi connectivity index (χ0n) is 10.6. The van der Waals surface area contributed by atoms with Crippen molar-refractivity contribution in [2.45, 2.75) is 25.9 Å². The van der Waals surface area contributed by atoms with Crippen LogP contribution in [0, 0.1) is 0 Å². The normalized spacial score (nSPS) is 12.6. The van der Waals surface area contributed by atoms with Crippen LogP contribution in [0.2, 0.25) is 0 Å². The first-order valence-electron chi connectivity index (χ1n) is 6.23. The summed E-state index contributed by atoms with van der Waals surface area (Å²) in [5.41, 5.74) is 2.20. The fourth-order valence-electron chi connectivity index (χ4n) is 1.76. The van der Waals surface area contributed by atoms with Gasteiger partial charge in [-0.3, -0.25) is 0 Å². The van der Waals surface area contributed by atoms with Gasteiger partial charge in [-0.1, -0.05) is 18.2 Å². The van der Waals surface area contributed by atoms with Crippen LogP contribution in [0.1, 0.15) is 18.9 Å². The smallest absolute Gasteiger partial charge is 0.0645 e. The van der Waals surface area contributed by atoms with Gasteiger partial charge in [-0.2, -0.15) is 5.10 Å². The molecule has 1 atom stereocenters. The summed E-state index contributed by atoms with van der Waals surface area (Å²) in [6, 6.07) is 10.4. The standard InChI is InChI=1S/C14H19N3O/c1-12(7-8-18)15-9-13-10-16-17(11-13)14-5-3-2-4-6-14/h2-6,10-12,15,18H,7-9H2,1H3. The van der Waals surface area contributed by atoms with E-state index in [1.807, 2.05) is 47.4 Å². The molecule has 2 rings (SSSR count). The van der Waals surface area contributed by atoms with Crippen LogP contribution in [0.25, 0.3) is 5.69 Å². The lowest BCUT2D eigenvalue weighted by Gasteiger charge is -2.10. The maximum atomic E-state index is 8.83. The number of nitrogens with one attached hydrogen (secondary N) is 1. The molecule has 96 valence electrons. The molecule has 1 heterocycles. The molecule has 2 aromatic rings. The Kier molecular flexibility index (Phi) is 4.50. The van der Waals surface area contributed by atoms with Gasteiger partial charge in [0.15, 0.2) is 0 Å². The number of aromatic nitrogens is 2. The van der Waals surface area contributed by atoms with Crippen LogP contribution in [0.3, 0.4) is 0 Å². The Morgan fingerprint density at radius 3 is 2.83 bits per heavy atom. The van der Waals surface area contributed by atoms with E-state index in [0.717, 1.165) is 24.2 Å². The number of hydrogen-bond donors (Lipinski definition) is 2. The maximum Gasteiger partial charge on any atom is 0.0645 e. The van der Waals surface area contributed by atoms with Gasteiger partial charge < -0.3 is 10.4 Å². The molecule has 0 saturated carbocycles. The van der Waals surface area contributed by atoms with Crippen molar-refractivity contribution >= 4 is 0 Å². The largest absolute Gasteiger partial charge is 0.396 e. The van der Waals surface area contributed by atoms with Crippen LogP contribution in [0.4, 0.5) is 0 Å². The molecule has 0 bridgehead atoms. The minimum atomic E-state index is 0.220. The van der Waals surface area contributed by atoms with Crippen LogP contribution < -0.4 is 5.32 Å². The van der Waals surface area contributed by atoms with Crippen LogP contribution in [0.5, 0.6) is 0 Å². The topological polar surface area (TPSA) is 50.1 Å². The van der Waals surface area contributed by atoms with Crippen LogP contribution in [0.15, 0.2) is 42.7 Å². The van der Waals surface area contributed by atoms with Crippen molar-refractivity contribution in [2.24, 2.45) is 0 Å². The average molecular weight is 245 g/mol. The molecule has 0 spiro atoms. The lowest BCUT2D eigenvalue weighted by Crippen LogP contribution is -2.26. The van der Waals surface area contributed by atoms with E-state index in [4.69, 9.17) is 5.11 Å². The first kappa shape index (κ1) is 12.8. The SMILES string of the molecule is CC(CCO)NCc1cnn(-c2ccccc2)c1. The molecule has 0 radical (unpaired) electrons. The fraction of sp³-hybridized carbons (Fsp3) is 0.357. The number of para-hydroxylation sites is 1. The Balaban J connectivity index is 1.95. The fourth-order valence-corrected chi connectivity index (χ4v) is 1.76. The number of rotatable bonds is 6. The lowest BCUT2D eigenvalue weighted by molar-refractivity contribution is 0.268. The molecule has 0 fully saturated rings. The Labute approximate surface area is 107 Å². The third-order valence-electron chi connectivity index (χ3n) is 2.87. The predicted octanol–water partition coefficient (Wildman–Crippen LogP) is 1.73. The summed E-state index contributed by atoms with van der Waals surface area (Å²) in [4.78, 5) is 0. The van der Waals surface area contributed by atoms with Gasteiger partial charge in [0, 0.05) is 31.0 Å². The van der Waals surface area contributed by atoms with Gasteiger partial charge >= 0.3 is 0 Å². The van der Waals surface area contributed by atoms with E-state index in [0.29, 0.717) is 6.04 Å². The number of hydrogen-bond acceptors (Lipinski definition) is 3. The number of aliphatic hydroxyl groups excluding tert-OH is 1. The molecule has 0 aliphatic carbocycles. The van der Waals surface area contributed by atoms with E-state index in [9.17, 15) is 0 Å². The highest BCUT2D eigenvalue weighted by Crippen LogP contribution is 2.07. The lowest BCUT2D eigenvalue weighted by atomic mass is 10.2. The number of aliphatic hydroxyl groups is 1. The molecule has 0 aliphatic heterocycles. The van der Waals surface area contributed by atoms with Crippen molar-refractivity contribution in [3.8, 4) is 5.69 Å². The quantitative estimate of drug-likeness (QED) is 0.815. The molecule has 0 aliphatic rings. The summed E-state index contributed by atoms with van der Waals surface area (Å²) in [5, 5.41) is 16.5. The number of nitrogens with zero attached hydrogens (tertiary/aromatic N) is 2. The molecule has 4 heteroatoms. The van der Waals surface area contributed by atoms with Gasteiger partial charge in [0.2, 0.25) is 0 Å². The van der Waals surface area contributed by atoms with Crippen molar-refractivity contribution in [1.29, 1.82) is 0 Å². The third-order valence-corrected chi connectivity index (χ3v) is 2.87. The van der Waals surface area contributed by atoms with Gasteiger partial charge in [-0.05, 0) is 25.5 Å². The second-order valence-electron chi connectivity index (χ2n) is 4.42. The molecule has 0 saturated heterocycles. The van der Waals surface area contributed by atoms with Crippen LogP contribution >= 0.6 is 0 Å². The zero-order chi connectivity index (χ0) is 12.8. The van der Waals surface area contributed by atoms with E-state index < -0.39 is 0 Å². The Morgan fingerprint density at radius 2 is 2.11 bits per heavy atom. The summed E-state index contributed by atoms with van der Waals surface area (Å²) in [5.74, 6) is 0. The van der Waals surface area contributed by atoms with Gasteiger partial charge in [0.25, 0.3) is 0 Å². The van der Waals surface area contributed by atoms with E-state index in [1.165, 1.54) is 0 Å². The molecule has 1 aromatic heterocycles. The molecular formula is C14H19N3O. The molecule has 1 aromatic carbocycles. The van der Waals surface area contributed by atoms with Crippen molar-refractivity contribution in [1.82, 2.24) is 15.1 Å². The van der Waals surface area contributed by atoms with Gasteiger partial charge in [0.05, 0.1) is 11.9 Å². The second kappa shape index (κ2) is 6.33. The number of benzene rings is 1. The summed E-state index contributed by atoms with van der Waals surface area (Å²) in [6.45, 7) is 3.06. The van der Waals surface area contributed by atoms with Gasteiger partial charge in [-0.15, -0.1) is 0 Å². The first-order chi connectivity index (χ1) is 8.79. The molecule has 1 unspecified atom stereocenters. The van der Waals surface area contributed by atoms with E-state index >= 15 is 0 Å². The Hall–Kier alpha value is -1.65. The predicted molar refractivity (Wildman–Crippen MR) is 71.6 cm³/mol. The zero-order valence-corrected chi connectivity index (χ0v) is 10.6. The molecule has 18 heavy (non-hydrogen) atoms. The Bertz CT molecular complexity index is 467. The summed E-state index contributed by atoms with van der Waals surface area (Å²) in [7, 11) is 0. The minimum absolute atomic E-state index is 0.220.